The average molecular weight is 248 g/mol. The van der Waals surface area contributed by atoms with E-state index in [1.807, 2.05) is 36.6 Å². The van der Waals surface area contributed by atoms with Crippen molar-refractivity contribution in [2.45, 2.75) is 18.3 Å². The predicted molar refractivity (Wildman–Crippen MR) is 72.4 cm³/mol. The van der Waals surface area contributed by atoms with Crippen molar-refractivity contribution >= 4 is 22.8 Å². The van der Waals surface area contributed by atoms with Crippen LogP contribution in [0.3, 0.4) is 0 Å². The Kier molecular flexibility index (Phi) is 3.52. The van der Waals surface area contributed by atoms with Gasteiger partial charge in [-0.15, -0.1) is 0 Å². The summed E-state index contributed by atoms with van der Waals surface area (Å²) in [5.74, 6) is 0.0682. The Hall–Kier alpha value is -1.29. The molecule has 1 N–H and O–H groups in total. The van der Waals surface area contributed by atoms with Crippen LogP contribution in [0.2, 0.25) is 0 Å². The van der Waals surface area contributed by atoms with Crippen LogP contribution in [0.5, 0.6) is 0 Å². The number of amides is 1. The third-order valence-corrected chi connectivity index (χ3v) is 3.80. The molecular formula is C13H16N2OS. The summed E-state index contributed by atoms with van der Waals surface area (Å²) in [5.41, 5.74) is 0.793. The molecule has 4 heteroatoms. The van der Waals surface area contributed by atoms with Crippen molar-refractivity contribution in [2.24, 2.45) is 4.99 Å². The summed E-state index contributed by atoms with van der Waals surface area (Å²) in [6, 6.07) is 9.97. The molecule has 1 aliphatic rings. The van der Waals surface area contributed by atoms with Crippen LogP contribution in [-0.2, 0) is 10.2 Å². The fourth-order valence-electron chi connectivity index (χ4n) is 1.94. The van der Waals surface area contributed by atoms with Crippen LogP contribution in [0.15, 0.2) is 35.3 Å². The van der Waals surface area contributed by atoms with Crippen LogP contribution < -0.4 is 5.32 Å². The smallest absolute Gasteiger partial charge is 0.236 e. The van der Waals surface area contributed by atoms with Gasteiger partial charge in [-0.05, 0) is 24.7 Å². The molecule has 0 saturated heterocycles. The van der Waals surface area contributed by atoms with Crippen LogP contribution >= 0.6 is 11.8 Å². The van der Waals surface area contributed by atoms with E-state index in [2.05, 4.69) is 10.3 Å². The fraction of sp³-hybridized carbons (Fsp3) is 0.385. The van der Waals surface area contributed by atoms with Crippen LogP contribution in [0.1, 0.15) is 18.4 Å². The Morgan fingerprint density at radius 2 is 2.00 bits per heavy atom. The number of benzene rings is 1. The number of nitrogens with one attached hydrogen (secondary N) is 1. The summed E-state index contributed by atoms with van der Waals surface area (Å²) in [5, 5.41) is 3.57. The van der Waals surface area contributed by atoms with Gasteiger partial charge in [0, 0.05) is 7.05 Å². The summed E-state index contributed by atoms with van der Waals surface area (Å²) in [6.45, 7) is 0. The van der Waals surface area contributed by atoms with Crippen molar-refractivity contribution in [1.29, 1.82) is 0 Å². The normalized spacial score (nSPS) is 17.6. The zero-order chi connectivity index (χ0) is 12.3. The molecule has 0 bridgehead atoms. The highest BCUT2D eigenvalue weighted by atomic mass is 32.2. The third kappa shape index (κ3) is 2.36. The highest BCUT2D eigenvalue weighted by molar-refractivity contribution is 8.13. The van der Waals surface area contributed by atoms with E-state index in [0.29, 0.717) is 5.17 Å². The van der Waals surface area contributed by atoms with E-state index in [4.69, 9.17) is 0 Å². The molecule has 0 unspecified atom stereocenters. The minimum atomic E-state index is -0.313. The van der Waals surface area contributed by atoms with Gasteiger partial charge in [0.05, 0.1) is 5.41 Å². The number of hydrogen-bond donors (Lipinski definition) is 1. The molecule has 0 radical (unpaired) electrons. The molecule has 17 heavy (non-hydrogen) atoms. The quantitative estimate of drug-likeness (QED) is 0.644. The molecule has 0 heterocycles. The number of aliphatic imine (C=N–C) groups is 1. The van der Waals surface area contributed by atoms with Crippen molar-refractivity contribution in [3.05, 3.63) is 35.9 Å². The highest BCUT2D eigenvalue weighted by Gasteiger charge is 2.51. The van der Waals surface area contributed by atoms with Crippen molar-refractivity contribution < 1.29 is 4.79 Å². The van der Waals surface area contributed by atoms with Gasteiger partial charge in [-0.2, -0.15) is 0 Å². The minimum absolute atomic E-state index is 0.0682. The summed E-state index contributed by atoms with van der Waals surface area (Å²) in [6.07, 6.45) is 3.76. The van der Waals surface area contributed by atoms with Gasteiger partial charge in [-0.3, -0.25) is 9.79 Å². The van der Waals surface area contributed by atoms with Crippen molar-refractivity contribution in [3.63, 3.8) is 0 Å². The van der Waals surface area contributed by atoms with E-state index in [1.165, 1.54) is 11.8 Å². The lowest BCUT2D eigenvalue weighted by Gasteiger charge is -2.15. The van der Waals surface area contributed by atoms with E-state index in [0.717, 1.165) is 18.4 Å². The van der Waals surface area contributed by atoms with E-state index >= 15 is 0 Å². The Morgan fingerprint density at radius 1 is 1.35 bits per heavy atom. The minimum Gasteiger partial charge on any atom is -0.305 e. The molecule has 2 rings (SSSR count). The molecule has 0 aliphatic heterocycles. The van der Waals surface area contributed by atoms with Crippen LogP contribution in [-0.4, -0.2) is 24.4 Å². The molecular weight excluding hydrogens is 232 g/mol. The number of nitrogens with zero attached hydrogens (tertiary/aromatic N) is 1. The first-order valence-corrected chi connectivity index (χ1v) is 6.83. The molecule has 0 atom stereocenters. The summed E-state index contributed by atoms with van der Waals surface area (Å²) in [4.78, 5) is 16.3. The summed E-state index contributed by atoms with van der Waals surface area (Å²) >= 11 is 1.46. The number of thioether (sulfide) groups is 1. The molecule has 3 nitrogen and oxygen atoms in total. The molecule has 0 aromatic heterocycles. The number of carbonyl (C=O) groups excluding carboxylic acids is 1. The third-order valence-electron chi connectivity index (χ3n) is 3.13. The first-order valence-electron chi connectivity index (χ1n) is 5.61. The first kappa shape index (κ1) is 12.2. The topological polar surface area (TPSA) is 41.5 Å². The maximum absolute atomic E-state index is 12.3. The molecule has 1 saturated carbocycles. The SMILES string of the molecule is CN=C(NC(=O)C1(c2ccccc2)CC1)SC. The Labute approximate surface area is 106 Å². The van der Waals surface area contributed by atoms with Crippen LogP contribution in [0.25, 0.3) is 0 Å². The van der Waals surface area contributed by atoms with E-state index in [1.54, 1.807) is 7.05 Å². The molecule has 90 valence electrons. The second-order valence-corrected chi connectivity index (χ2v) is 4.93. The van der Waals surface area contributed by atoms with Crippen molar-refractivity contribution in [1.82, 2.24) is 5.32 Å². The Bertz CT molecular complexity index is 438. The van der Waals surface area contributed by atoms with E-state index in [-0.39, 0.29) is 11.3 Å². The Morgan fingerprint density at radius 3 is 2.47 bits per heavy atom. The van der Waals surface area contributed by atoms with E-state index < -0.39 is 0 Å². The maximum Gasteiger partial charge on any atom is 0.236 e. The maximum atomic E-state index is 12.3. The van der Waals surface area contributed by atoms with Crippen LogP contribution in [0.4, 0.5) is 0 Å². The number of hydrogen-bond acceptors (Lipinski definition) is 3. The largest absolute Gasteiger partial charge is 0.305 e. The molecule has 0 spiro atoms. The van der Waals surface area contributed by atoms with Crippen molar-refractivity contribution in [2.75, 3.05) is 13.3 Å². The fourth-order valence-corrected chi connectivity index (χ4v) is 2.32. The predicted octanol–water partition coefficient (Wildman–Crippen LogP) is 2.18. The molecule has 1 aliphatic carbocycles. The standard InChI is InChI=1S/C13H16N2OS/c1-14-12(17-2)15-11(16)13(8-9-13)10-6-4-3-5-7-10/h3-7H,8-9H2,1-2H3,(H,14,15,16). The van der Waals surface area contributed by atoms with Gasteiger partial charge >= 0.3 is 0 Å². The summed E-state index contributed by atoms with van der Waals surface area (Å²) in [7, 11) is 1.69. The second kappa shape index (κ2) is 4.92. The lowest BCUT2D eigenvalue weighted by atomic mass is 9.95. The number of carbonyl (C=O) groups is 1. The van der Waals surface area contributed by atoms with Crippen molar-refractivity contribution in [3.8, 4) is 0 Å². The summed E-state index contributed by atoms with van der Waals surface area (Å²) < 4.78 is 0. The highest BCUT2D eigenvalue weighted by Crippen LogP contribution is 2.48. The van der Waals surface area contributed by atoms with Crippen LogP contribution in [0, 0.1) is 0 Å². The molecule has 1 fully saturated rings. The lowest BCUT2D eigenvalue weighted by Crippen LogP contribution is -2.37. The van der Waals surface area contributed by atoms with Gasteiger partial charge in [0.1, 0.15) is 0 Å². The number of rotatable bonds is 2. The number of amidine groups is 1. The average Bonchev–Trinajstić information content (AvgIpc) is 3.18. The van der Waals surface area contributed by atoms with Gasteiger partial charge in [-0.1, -0.05) is 42.1 Å². The lowest BCUT2D eigenvalue weighted by molar-refractivity contribution is -0.122. The van der Waals surface area contributed by atoms with Gasteiger partial charge in [0.15, 0.2) is 5.17 Å². The molecule has 1 aromatic carbocycles. The van der Waals surface area contributed by atoms with Gasteiger partial charge in [0.25, 0.3) is 0 Å². The first-order chi connectivity index (χ1) is 8.23. The molecule has 1 amide bonds. The van der Waals surface area contributed by atoms with Gasteiger partial charge < -0.3 is 5.32 Å². The van der Waals surface area contributed by atoms with Gasteiger partial charge in [-0.25, -0.2) is 0 Å². The van der Waals surface area contributed by atoms with E-state index in [9.17, 15) is 4.79 Å². The Balaban J connectivity index is 2.15. The zero-order valence-electron chi connectivity index (χ0n) is 10.1. The monoisotopic (exact) mass is 248 g/mol. The second-order valence-electron chi connectivity index (χ2n) is 4.14. The van der Waals surface area contributed by atoms with Gasteiger partial charge in [0.2, 0.25) is 5.91 Å². The zero-order valence-corrected chi connectivity index (χ0v) is 10.9. The molecule has 1 aromatic rings.